The van der Waals surface area contributed by atoms with Crippen molar-refractivity contribution in [3.8, 4) is 0 Å². The van der Waals surface area contributed by atoms with Crippen LogP contribution < -0.4 is 5.73 Å². The lowest BCUT2D eigenvalue weighted by atomic mass is 9.78. The quantitative estimate of drug-likeness (QED) is 0.885. The zero-order chi connectivity index (χ0) is 13.9. The van der Waals surface area contributed by atoms with Crippen LogP contribution in [-0.2, 0) is 11.8 Å². The van der Waals surface area contributed by atoms with Crippen LogP contribution in [0.3, 0.4) is 0 Å². The molecular formula is C14H15F2NOS. The van der Waals surface area contributed by atoms with Gasteiger partial charge >= 0.3 is 0 Å². The number of hydrogen-bond donors (Lipinski definition) is 2. The zero-order valence-electron chi connectivity index (χ0n) is 10.3. The number of thiophene rings is 1. The third-order valence-corrected chi connectivity index (χ3v) is 4.14. The Bertz CT molecular complexity index is 518. The molecule has 0 aliphatic carbocycles. The molecule has 1 atom stereocenters. The average Bonchev–Trinajstić information content (AvgIpc) is 2.87. The second kappa shape index (κ2) is 5.77. The van der Waals surface area contributed by atoms with Gasteiger partial charge in [-0.05, 0) is 35.6 Å². The summed E-state index contributed by atoms with van der Waals surface area (Å²) in [5.41, 5.74) is 5.31. The third kappa shape index (κ3) is 3.00. The fourth-order valence-corrected chi connectivity index (χ4v) is 2.96. The number of aliphatic hydroxyl groups excluding tert-OH is 1. The van der Waals surface area contributed by atoms with E-state index in [2.05, 4.69) is 0 Å². The molecule has 0 bridgehead atoms. The van der Waals surface area contributed by atoms with E-state index in [0.717, 1.165) is 10.9 Å². The normalized spacial score (nSPS) is 14.3. The van der Waals surface area contributed by atoms with Crippen molar-refractivity contribution in [1.29, 1.82) is 0 Å². The molecule has 2 nitrogen and oxygen atoms in total. The smallest absolute Gasteiger partial charge is 0.126 e. The van der Waals surface area contributed by atoms with Gasteiger partial charge in [0.15, 0.2) is 0 Å². The van der Waals surface area contributed by atoms with Gasteiger partial charge in [-0.25, -0.2) is 8.78 Å². The van der Waals surface area contributed by atoms with E-state index in [0.29, 0.717) is 12.0 Å². The molecule has 0 fully saturated rings. The lowest BCUT2D eigenvalue weighted by molar-refractivity contribution is 0.196. The Labute approximate surface area is 114 Å². The summed E-state index contributed by atoms with van der Waals surface area (Å²) in [4.78, 5) is 1.02. The van der Waals surface area contributed by atoms with Crippen LogP contribution in [0.2, 0.25) is 0 Å². The number of halogens is 2. The third-order valence-electron chi connectivity index (χ3n) is 3.26. The molecule has 1 aromatic carbocycles. The summed E-state index contributed by atoms with van der Waals surface area (Å²) in [7, 11) is 0. The van der Waals surface area contributed by atoms with Gasteiger partial charge in [-0.1, -0.05) is 6.07 Å². The molecule has 102 valence electrons. The molecule has 0 aliphatic heterocycles. The van der Waals surface area contributed by atoms with E-state index in [4.69, 9.17) is 5.73 Å². The summed E-state index contributed by atoms with van der Waals surface area (Å²) in [5.74, 6) is -1.32. The summed E-state index contributed by atoms with van der Waals surface area (Å²) in [6, 6.07) is 7.10. The highest BCUT2D eigenvalue weighted by Crippen LogP contribution is 2.30. The van der Waals surface area contributed by atoms with E-state index in [1.165, 1.54) is 23.5 Å². The van der Waals surface area contributed by atoms with Gasteiger partial charge in [-0.2, -0.15) is 0 Å². The summed E-state index contributed by atoms with van der Waals surface area (Å²) in [5, 5.41) is 11.6. The van der Waals surface area contributed by atoms with Crippen molar-refractivity contribution >= 4 is 11.3 Å². The van der Waals surface area contributed by atoms with Crippen LogP contribution >= 0.6 is 11.3 Å². The summed E-state index contributed by atoms with van der Waals surface area (Å²) in [6.45, 7) is -0.144. The van der Waals surface area contributed by atoms with Crippen molar-refractivity contribution in [2.24, 2.45) is 5.73 Å². The Kier molecular flexibility index (Phi) is 4.29. The highest BCUT2D eigenvalue weighted by molar-refractivity contribution is 7.09. The Morgan fingerprint density at radius 2 is 1.89 bits per heavy atom. The van der Waals surface area contributed by atoms with Crippen LogP contribution in [0.25, 0.3) is 0 Å². The van der Waals surface area contributed by atoms with Crippen molar-refractivity contribution in [3.05, 3.63) is 57.8 Å². The second-order valence-corrected chi connectivity index (χ2v) is 5.59. The molecule has 0 spiro atoms. The molecule has 2 rings (SSSR count). The Hall–Kier alpha value is -1.30. The van der Waals surface area contributed by atoms with E-state index in [-0.39, 0.29) is 13.2 Å². The topological polar surface area (TPSA) is 46.2 Å². The van der Waals surface area contributed by atoms with Crippen LogP contribution in [-0.4, -0.2) is 18.3 Å². The van der Waals surface area contributed by atoms with Gasteiger partial charge in [0, 0.05) is 22.9 Å². The molecular weight excluding hydrogens is 268 g/mol. The van der Waals surface area contributed by atoms with Gasteiger partial charge in [0.2, 0.25) is 0 Å². The Balaban J connectivity index is 2.42. The molecule has 1 aromatic heterocycles. The molecule has 0 radical (unpaired) electrons. The molecule has 0 amide bonds. The molecule has 0 saturated carbocycles. The first-order valence-electron chi connectivity index (χ1n) is 5.89. The lowest BCUT2D eigenvalue weighted by Crippen LogP contribution is -2.41. The van der Waals surface area contributed by atoms with Crippen molar-refractivity contribution in [2.75, 3.05) is 13.2 Å². The van der Waals surface area contributed by atoms with Crippen molar-refractivity contribution in [1.82, 2.24) is 0 Å². The molecule has 2 aromatic rings. The Morgan fingerprint density at radius 1 is 1.21 bits per heavy atom. The minimum absolute atomic E-state index is 0.115. The number of aliphatic hydroxyl groups is 1. The zero-order valence-corrected chi connectivity index (χ0v) is 11.1. The maximum absolute atomic E-state index is 13.3. The van der Waals surface area contributed by atoms with E-state index >= 15 is 0 Å². The predicted octanol–water partition coefficient (Wildman–Crippen LogP) is 2.46. The monoisotopic (exact) mass is 283 g/mol. The van der Waals surface area contributed by atoms with Gasteiger partial charge < -0.3 is 10.8 Å². The summed E-state index contributed by atoms with van der Waals surface area (Å²) in [6.07, 6.45) is 0.459. The van der Waals surface area contributed by atoms with Gasteiger partial charge in [0.25, 0.3) is 0 Å². The fourth-order valence-electron chi connectivity index (χ4n) is 2.11. The van der Waals surface area contributed by atoms with Crippen molar-refractivity contribution in [2.45, 2.75) is 11.8 Å². The molecule has 5 heteroatoms. The van der Waals surface area contributed by atoms with Crippen molar-refractivity contribution < 1.29 is 13.9 Å². The number of nitrogens with two attached hydrogens (primary N) is 1. The molecule has 1 heterocycles. The van der Waals surface area contributed by atoms with Crippen LogP contribution in [0, 0.1) is 11.6 Å². The first-order chi connectivity index (χ1) is 9.09. The molecule has 0 aliphatic rings. The number of hydrogen-bond acceptors (Lipinski definition) is 3. The first-order valence-corrected chi connectivity index (χ1v) is 6.77. The van der Waals surface area contributed by atoms with Crippen molar-refractivity contribution in [3.63, 3.8) is 0 Å². The largest absolute Gasteiger partial charge is 0.395 e. The maximum Gasteiger partial charge on any atom is 0.126 e. The fraction of sp³-hybridized carbons (Fsp3) is 0.286. The van der Waals surface area contributed by atoms with E-state index in [9.17, 15) is 13.9 Å². The van der Waals surface area contributed by atoms with Crippen LogP contribution in [0.1, 0.15) is 10.4 Å². The lowest BCUT2D eigenvalue weighted by Gasteiger charge is -2.30. The highest BCUT2D eigenvalue weighted by atomic mass is 32.1. The van der Waals surface area contributed by atoms with Gasteiger partial charge in [0.05, 0.1) is 6.61 Å². The molecule has 3 N–H and O–H groups in total. The summed E-state index contributed by atoms with van der Waals surface area (Å²) >= 11 is 1.53. The SMILES string of the molecule is NCC(CO)(Cc1cccs1)c1cc(F)cc(F)c1. The molecule has 19 heavy (non-hydrogen) atoms. The van der Waals surface area contributed by atoms with Gasteiger partial charge in [-0.3, -0.25) is 0 Å². The number of rotatable bonds is 5. The minimum atomic E-state index is -0.853. The number of benzene rings is 1. The summed E-state index contributed by atoms with van der Waals surface area (Å²) < 4.78 is 26.7. The second-order valence-electron chi connectivity index (χ2n) is 4.56. The van der Waals surface area contributed by atoms with Crippen LogP contribution in [0.4, 0.5) is 8.78 Å². The van der Waals surface area contributed by atoms with Crippen LogP contribution in [0.15, 0.2) is 35.7 Å². The van der Waals surface area contributed by atoms with E-state index in [1.807, 2.05) is 17.5 Å². The minimum Gasteiger partial charge on any atom is -0.395 e. The highest BCUT2D eigenvalue weighted by Gasteiger charge is 2.32. The van der Waals surface area contributed by atoms with E-state index in [1.54, 1.807) is 0 Å². The predicted molar refractivity (Wildman–Crippen MR) is 72.2 cm³/mol. The van der Waals surface area contributed by atoms with Gasteiger partial charge in [0.1, 0.15) is 11.6 Å². The average molecular weight is 283 g/mol. The van der Waals surface area contributed by atoms with Gasteiger partial charge in [-0.15, -0.1) is 11.3 Å². The molecule has 0 saturated heterocycles. The maximum atomic E-state index is 13.3. The van der Waals surface area contributed by atoms with Crippen LogP contribution in [0.5, 0.6) is 0 Å². The first kappa shape index (κ1) is 14.1. The Morgan fingerprint density at radius 3 is 2.37 bits per heavy atom. The standard InChI is InChI=1S/C14H15F2NOS/c15-11-4-10(5-12(16)6-11)14(8-17,9-18)7-13-2-1-3-19-13/h1-6,18H,7-9,17H2. The molecule has 1 unspecified atom stereocenters. The van der Waals surface area contributed by atoms with E-state index < -0.39 is 17.0 Å².